The van der Waals surface area contributed by atoms with Crippen LogP contribution in [0.1, 0.15) is 34.7 Å². The average Bonchev–Trinajstić information content (AvgIpc) is 3.34. The summed E-state index contributed by atoms with van der Waals surface area (Å²) in [5.74, 6) is 0.792. The van der Waals surface area contributed by atoms with Gasteiger partial charge in [-0.3, -0.25) is 4.98 Å². The number of nitrogens with one attached hydrogen (secondary N) is 1. The van der Waals surface area contributed by atoms with Gasteiger partial charge >= 0.3 is 0 Å². The Kier molecular flexibility index (Phi) is 6.15. The van der Waals surface area contributed by atoms with Crippen molar-refractivity contribution in [3.8, 4) is 11.4 Å². The molecule has 0 unspecified atom stereocenters. The molecule has 1 N–H and O–H groups in total. The van der Waals surface area contributed by atoms with Gasteiger partial charge in [-0.25, -0.2) is 0 Å². The van der Waals surface area contributed by atoms with Gasteiger partial charge in [0.15, 0.2) is 5.11 Å². The molecule has 1 aliphatic heterocycles. The third kappa shape index (κ3) is 3.99. The second-order valence-electron chi connectivity index (χ2n) is 8.34. The summed E-state index contributed by atoms with van der Waals surface area (Å²) in [6, 6.07) is 24.5. The van der Waals surface area contributed by atoms with Crippen LogP contribution in [0.2, 0.25) is 0 Å². The number of hydrogen-bond donors (Lipinski definition) is 1. The number of ether oxygens (including phenoxy) is 1. The van der Waals surface area contributed by atoms with Crippen LogP contribution < -0.4 is 15.0 Å². The number of hydrogen-bond acceptors (Lipinski definition) is 3. The van der Waals surface area contributed by atoms with Crippen molar-refractivity contribution in [1.82, 2.24) is 14.9 Å². The number of benzene rings is 2. The molecule has 0 radical (unpaired) electrons. The van der Waals surface area contributed by atoms with Crippen LogP contribution in [0, 0.1) is 13.8 Å². The molecule has 4 aromatic rings. The molecule has 0 spiro atoms. The molecule has 7 heteroatoms. The molecule has 1 fully saturated rings. The summed E-state index contributed by atoms with van der Waals surface area (Å²) >= 11 is 9.50. The molecule has 172 valence electrons. The van der Waals surface area contributed by atoms with Crippen molar-refractivity contribution >= 4 is 38.9 Å². The van der Waals surface area contributed by atoms with Gasteiger partial charge in [0, 0.05) is 39.5 Å². The van der Waals surface area contributed by atoms with Crippen molar-refractivity contribution in [1.29, 1.82) is 0 Å². The van der Waals surface area contributed by atoms with E-state index in [0.717, 1.165) is 33.0 Å². The van der Waals surface area contributed by atoms with Crippen LogP contribution in [0.3, 0.4) is 0 Å². The van der Waals surface area contributed by atoms with Crippen LogP contribution in [0.5, 0.6) is 5.75 Å². The number of aryl methyl sites for hydroxylation is 1. The minimum Gasteiger partial charge on any atom is -0.497 e. The number of pyridine rings is 1. The fraction of sp³-hybridized carbons (Fsp3) is 0.185. The average molecular weight is 533 g/mol. The van der Waals surface area contributed by atoms with Crippen LogP contribution in [0.15, 0.2) is 83.5 Å². The molecule has 0 aliphatic carbocycles. The van der Waals surface area contributed by atoms with Gasteiger partial charge in [-0.2, -0.15) is 0 Å². The Balaban J connectivity index is 1.69. The lowest BCUT2D eigenvalue weighted by atomic mass is 9.96. The van der Waals surface area contributed by atoms with Gasteiger partial charge in [-0.05, 0) is 80.2 Å². The quantitative estimate of drug-likeness (QED) is 0.299. The summed E-state index contributed by atoms with van der Waals surface area (Å²) in [6.45, 7) is 4.31. The summed E-state index contributed by atoms with van der Waals surface area (Å²) in [5, 5.41) is 4.21. The highest BCUT2D eigenvalue weighted by Gasteiger charge is 2.42. The molecule has 0 amide bonds. The lowest BCUT2D eigenvalue weighted by Crippen LogP contribution is -2.29. The second kappa shape index (κ2) is 9.24. The third-order valence-electron chi connectivity index (χ3n) is 6.28. The molecular formula is C27H25BrN4OS. The fourth-order valence-corrected chi connectivity index (χ4v) is 5.54. The minimum atomic E-state index is -0.101. The maximum absolute atomic E-state index is 5.88. The second-order valence-corrected chi connectivity index (χ2v) is 9.64. The van der Waals surface area contributed by atoms with E-state index in [-0.39, 0.29) is 12.1 Å². The van der Waals surface area contributed by atoms with E-state index in [1.807, 2.05) is 42.6 Å². The first-order valence-corrected chi connectivity index (χ1v) is 12.3. The smallest absolute Gasteiger partial charge is 0.174 e. The van der Waals surface area contributed by atoms with Crippen LogP contribution in [0.25, 0.3) is 5.69 Å². The SMILES string of the molecule is COc1cccc(N2C(=S)N[C@@H](c3ccccn3)[C@@H]2c2cc(C)n(-c3cccc(Br)c3)c2C)c1. The Labute approximate surface area is 213 Å². The first-order chi connectivity index (χ1) is 16.5. The van der Waals surface area contributed by atoms with Gasteiger partial charge in [-0.15, -0.1) is 0 Å². The number of rotatable bonds is 5. The van der Waals surface area contributed by atoms with Gasteiger partial charge < -0.3 is 19.5 Å². The number of anilines is 1. The molecule has 2 atom stereocenters. The highest BCUT2D eigenvalue weighted by Crippen LogP contribution is 2.44. The standard InChI is InChI=1S/C27H25BrN4OS/c1-17-14-23(18(2)31(17)20-9-6-8-19(28)15-20)26-25(24-12-4-5-13-29-24)30-27(34)32(26)21-10-7-11-22(16-21)33-3/h4-16,25-26H,1-3H3,(H,30,34)/t25-,26-/m0/s1. The molecule has 5 nitrogen and oxygen atoms in total. The van der Waals surface area contributed by atoms with Crippen molar-refractivity contribution in [3.63, 3.8) is 0 Å². The summed E-state index contributed by atoms with van der Waals surface area (Å²) in [4.78, 5) is 6.86. The first kappa shape index (κ1) is 22.6. The zero-order valence-electron chi connectivity index (χ0n) is 19.2. The normalized spacial score (nSPS) is 17.6. The van der Waals surface area contributed by atoms with Crippen molar-refractivity contribution < 1.29 is 4.74 Å². The van der Waals surface area contributed by atoms with E-state index >= 15 is 0 Å². The molecule has 0 bridgehead atoms. The first-order valence-electron chi connectivity index (χ1n) is 11.1. The minimum absolute atomic E-state index is 0.0818. The Morgan fingerprint density at radius 1 is 0.971 bits per heavy atom. The molecule has 2 aromatic heterocycles. The molecular weight excluding hydrogens is 508 g/mol. The van der Waals surface area contributed by atoms with Crippen molar-refractivity contribution in [3.05, 3.63) is 106 Å². The number of aromatic nitrogens is 2. The number of thiocarbonyl (C=S) groups is 1. The van der Waals surface area contributed by atoms with Crippen molar-refractivity contribution in [2.75, 3.05) is 12.0 Å². The fourth-order valence-electron chi connectivity index (χ4n) is 4.81. The molecule has 3 heterocycles. The largest absolute Gasteiger partial charge is 0.497 e. The zero-order chi connectivity index (χ0) is 23.8. The van der Waals surface area contributed by atoms with E-state index in [4.69, 9.17) is 17.0 Å². The van der Waals surface area contributed by atoms with E-state index in [1.54, 1.807) is 7.11 Å². The van der Waals surface area contributed by atoms with Crippen LogP contribution in [-0.4, -0.2) is 21.8 Å². The lowest BCUT2D eigenvalue weighted by Gasteiger charge is -2.28. The predicted octanol–water partition coefficient (Wildman–Crippen LogP) is 6.44. The number of halogens is 1. The molecule has 0 saturated carbocycles. The van der Waals surface area contributed by atoms with E-state index < -0.39 is 0 Å². The third-order valence-corrected chi connectivity index (χ3v) is 7.09. The Bertz CT molecular complexity index is 1350. The van der Waals surface area contributed by atoms with Gasteiger partial charge in [0.1, 0.15) is 5.75 Å². The van der Waals surface area contributed by atoms with Gasteiger partial charge in [0.25, 0.3) is 0 Å². The summed E-state index contributed by atoms with van der Waals surface area (Å²) in [5.41, 5.74) is 6.57. The predicted molar refractivity (Wildman–Crippen MR) is 144 cm³/mol. The number of methoxy groups -OCH3 is 1. The van der Waals surface area contributed by atoms with Gasteiger partial charge in [0.2, 0.25) is 0 Å². The Morgan fingerprint density at radius 2 is 1.76 bits per heavy atom. The zero-order valence-corrected chi connectivity index (χ0v) is 21.6. The van der Waals surface area contributed by atoms with E-state index in [0.29, 0.717) is 5.11 Å². The monoisotopic (exact) mass is 532 g/mol. The van der Waals surface area contributed by atoms with Gasteiger partial charge in [-0.1, -0.05) is 34.1 Å². The summed E-state index contributed by atoms with van der Waals surface area (Å²) in [6.07, 6.45) is 1.83. The van der Waals surface area contributed by atoms with Crippen molar-refractivity contribution in [2.45, 2.75) is 25.9 Å². The Morgan fingerprint density at radius 3 is 2.50 bits per heavy atom. The molecule has 5 rings (SSSR count). The maximum atomic E-state index is 5.88. The molecule has 34 heavy (non-hydrogen) atoms. The summed E-state index contributed by atoms with van der Waals surface area (Å²) in [7, 11) is 1.68. The molecule has 1 aliphatic rings. The number of nitrogens with zero attached hydrogens (tertiary/aromatic N) is 3. The van der Waals surface area contributed by atoms with E-state index in [2.05, 4.69) is 85.9 Å². The molecule has 1 saturated heterocycles. The van der Waals surface area contributed by atoms with Gasteiger partial charge in [0.05, 0.1) is 24.9 Å². The van der Waals surface area contributed by atoms with Crippen molar-refractivity contribution in [2.24, 2.45) is 0 Å². The van der Waals surface area contributed by atoms with Crippen LogP contribution >= 0.6 is 28.1 Å². The maximum Gasteiger partial charge on any atom is 0.174 e. The lowest BCUT2D eigenvalue weighted by molar-refractivity contribution is 0.415. The summed E-state index contributed by atoms with van der Waals surface area (Å²) < 4.78 is 8.85. The highest BCUT2D eigenvalue weighted by atomic mass is 79.9. The highest BCUT2D eigenvalue weighted by molar-refractivity contribution is 9.10. The topological polar surface area (TPSA) is 42.3 Å². The van der Waals surface area contributed by atoms with Crippen LogP contribution in [-0.2, 0) is 0 Å². The molecule has 2 aromatic carbocycles. The van der Waals surface area contributed by atoms with Crippen LogP contribution in [0.4, 0.5) is 5.69 Å². The van der Waals surface area contributed by atoms with E-state index in [9.17, 15) is 0 Å². The Hall–Kier alpha value is -3.16. The van der Waals surface area contributed by atoms with E-state index in [1.165, 1.54) is 11.3 Å².